The Labute approximate surface area is 144 Å². The number of carbonyl (C=O) groups excluding carboxylic acids is 1. The van der Waals surface area contributed by atoms with Crippen molar-refractivity contribution in [1.29, 1.82) is 0 Å². The van der Waals surface area contributed by atoms with E-state index in [1.54, 1.807) is 35.6 Å². The second-order valence-electron chi connectivity index (χ2n) is 5.93. The van der Waals surface area contributed by atoms with Gasteiger partial charge in [0.15, 0.2) is 0 Å². The highest BCUT2D eigenvalue weighted by molar-refractivity contribution is 5.94. The number of aromatic amines is 1. The lowest BCUT2D eigenvalue weighted by molar-refractivity contribution is -0.00409. The Kier molecular flexibility index (Phi) is 4.02. The summed E-state index contributed by atoms with van der Waals surface area (Å²) in [4.78, 5) is 23.2. The van der Waals surface area contributed by atoms with Crippen molar-refractivity contribution >= 4 is 5.91 Å². The zero-order chi connectivity index (χ0) is 17.2. The van der Waals surface area contributed by atoms with Gasteiger partial charge in [-0.1, -0.05) is 0 Å². The molecule has 1 unspecified atom stereocenters. The number of imidazole rings is 1. The van der Waals surface area contributed by atoms with E-state index in [0.29, 0.717) is 25.3 Å². The zero-order valence-electron chi connectivity index (χ0n) is 13.8. The highest BCUT2D eigenvalue weighted by Crippen LogP contribution is 2.26. The second kappa shape index (κ2) is 6.48. The van der Waals surface area contributed by atoms with Gasteiger partial charge in [0, 0.05) is 25.1 Å². The minimum atomic E-state index is -0.169. The molecular weight excluding hydrogens is 320 g/mol. The predicted octanol–water partition coefficient (Wildman–Crippen LogP) is 1.51. The van der Waals surface area contributed by atoms with Gasteiger partial charge in [-0.25, -0.2) is 9.97 Å². The van der Waals surface area contributed by atoms with Gasteiger partial charge in [-0.2, -0.15) is 5.10 Å². The number of pyridine rings is 1. The third-order valence-corrected chi connectivity index (χ3v) is 4.35. The maximum atomic E-state index is 13.0. The second-order valence-corrected chi connectivity index (χ2v) is 5.93. The van der Waals surface area contributed by atoms with Crippen LogP contribution in [0.25, 0.3) is 5.82 Å². The summed E-state index contributed by atoms with van der Waals surface area (Å²) in [7, 11) is 0. The first kappa shape index (κ1) is 15.5. The fraction of sp³-hybridized carbons (Fsp3) is 0.294. The van der Waals surface area contributed by atoms with Gasteiger partial charge in [-0.3, -0.25) is 14.5 Å². The lowest BCUT2D eigenvalue weighted by atomic mass is 10.1. The summed E-state index contributed by atoms with van der Waals surface area (Å²) < 4.78 is 7.37. The molecule has 1 amide bonds. The van der Waals surface area contributed by atoms with Crippen molar-refractivity contribution in [3.05, 3.63) is 60.1 Å². The molecule has 0 spiro atoms. The molecule has 0 saturated carbocycles. The SMILES string of the molecule is Cc1cn[nH]c1C1COCCN1C(=O)c1ccc(-n2ccnc2)nc1. The summed E-state index contributed by atoms with van der Waals surface area (Å²) in [6.07, 6.45) is 8.52. The van der Waals surface area contributed by atoms with E-state index in [1.807, 2.05) is 24.1 Å². The van der Waals surface area contributed by atoms with Crippen LogP contribution in [0.5, 0.6) is 0 Å². The van der Waals surface area contributed by atoms with Gasteiger partial charge < -0.3 is 9.64 Å². The monoisotopic (exact) mass is 338 g/mol. The average molecular weight is 338 g/mol. The number of nitrogens with one attached hydrogen (secondary N) is 1. The molecule has 3 aromatic heterocycles. The van der Waals surface area contributed by atoms with E-state index < -0.39 is 0 Å². The van der Waals surface area contributed by atoms with Crippen LogP contribution < -0.4 is 0 Å². The Bertz CT molecular complexity index is 856. The molecule has 1 fully saturated rings. The van der Waals surface area contributed by atoms with Crippen LogP contribution in [0.4, 0.5) is 0 Å². The fourth-order valence-corrected chi connectivity index (χ4v) is 3.01. The fourth-order valence-electron chi connectivity index (χ4n) is 3.01. The van der Waals surface area contributed by atoms with Gasteiger partial charge in [0.2, 0.25) is 0 Å². The number of ether oxygens (including phenoxy) is 1. The van der Waals surface area contributed by atoms with E-state index in [-0.39, 0.29) is 11.9 Å². The molecule has 4 rings (SSSR count). The van der Waals surface area contributed by atoms with E-state index in [9.17, 15) is 4.79 Å². The van der Waals surface area contributed by atoms with Crippen LogP contribution in [0.1, 0.15) is 27.7 Å². The maximum Gasteiger partial charge on any atom is 0.256 e. The molecule has 1 aliphatic rings. The quantitative estimate of drug-likeness (QED) is 0.782. The van der Waals surface area contributed by atoms with Crippen molar-refractivity contribution in [3.63, 3.8) is 0 Å². The smallest absolute Gasteiger partial charge is 0.256 e. The molecule has 0 aliphatic carbocycles. The summed E-state index contributed by atoms with van der Waals surface area (Å²) >= 11 is 0. The first-order chi connectivity index (χ1) is 12.2. The minimum absolute atomic E-state index is 0.0630. The number of amides is 1. The molecule has 0 radical (unpaired) electrons. The number of aryl methyl sites for hydroxylation is 1. The van der Waals surface area contributed by atoms with Gasteiger partial charge in [0.1, 0.15) is 12.1 Å². The lowest BCUT2D eigenvalue weighted by Crippen LogP contribution is -2.43. The number of hydrogen-bond acceptors (Lipinski definition) is 5. The normalized spacial score (nSPS) is 17.6. The standard InChI is InChI=1S/C17H18N6O2/c1-12-8-20-21-16(12)14-10-25-7-6-23(14)17(24)13-2-3-15(19-9-13)22-5-4-18-11-22/h2-5,8-9,11,14H,6-7,10H2,1H3,(H,20,21). The molecule has 1 saturated heterocycles. The summed E-state index contributed by atoms with van der Waals surface area (Å²) in [5.74, 6) is 0.656. The average Bonchev–Trinajstić information content (AvgIpc) is 3.33. The molecule has 3 aromatic rings. The number of nitrogens with zero attached hydrogens (tertiary/aromatic N) is 5. The van der Waals surface area contributed by atoms with Crippen LogP contribution in [-0.4, -0.2) is 55.3 Å². The molecule has 4 heterocycles. The molecule has 0 aromatic carbocycles. The molecule has 1 aliphatic heterocycles. The van der Waals surface area contributed by atoms with Crippen LogP contribution in [0.15, 0.2) is 43.2 Å². The van der Waals surface area contributed by atoms with Crippen LogP contribution in [0, 0.1) is 6.92 Å². The maximum absolute atomic E-state index is 13.0. The van der Waals surface area contributed by atoms with Crippen molar-refractivity contribution < 1.29 is 9.53 Å². The summed E-state index contributed by atoms with van der Waals surface area (Å²) in [5.41, 5.74) is 2.48. The third kappa shape index (κ3) is 2.91. The van der Waals surface area contributed by atoms with Gasteiger partial charge in [0.25, 0.3) is 5.91 Å². The van der Waals surface area contributed by atoms with Crippen molar-refractivity contribution in [2.24, 2.45) is 0 Å². The van der Waals surface area contributed by atoms with Crippen LogP contribution in [-0.2, 0) is 4.74 Å². The van der Waals surface area contributed by atoms with E-state index in [1.165, 1.54) is 0 Å². The van der Waals surface area contributed by atoms with E-state index >= 15 is 0 Å². The Morgan fingerprint density at radius 1 is 1.36 bits per heavy atom. The molecular formula is C17H18N6O2. The first-order valence-electron chi connectivity index (χ1n) is 8.07. The molecule has 25 heavy (non-hydrogen) atoms. The minimum Gasteiger partial charge on any atom is -0.377 e. The molecule has 1 N–H and O–H groups in total. The number of H-pyrrole nitrogens is 1. The van der Waals surface area contributed by atoms with Gasteiger partial charge in [-0.05, 0) is 24.6 Å². The highest BCUT2D eigenvalue weighted by atomic mass is 16.5. The van der Waals surface area contributed by atoms with Gasteiger partial charge >= 0.3 is 0 Å². The highest BCUT2D eigenvalue weighted by Gasteiger charge is 2.31. The summed E-state index contributed by atoms with van der Waals surface area (Å²) in [6.45, 7) is 3.48. The number of aromatic nitrogens is 5. The number of rotatable bonds is 3. The number of hydrogen-bond donors (Lipinski definition) is 1. The van der Waals surface area contributed by atoms with Crippen molar-refractivity contribution in [1.82, 2.24) is 29.6 Å². The predicted molar refractivity (Wildman–Crippen MR) is 89.3 cm³/mol. The van der Waals surface area contributed by atoms with Crippen molar-refractivity contribution in [2.45, 2.75) is 13.0 Å². The lowest BCUT2D eigenvalue weighted by Gasteiger charge is -2.35. The number of morpholine rings is 1. The molecule has 8 heteroatoms. The largest absolute Gasteiger partial charge is 0.377 e. The number of carbonyl (C=O) groups is 1. The van der Waals surface area contributed by atoms with Gasteiger partial charge in [0.05, 0.1) is 36.7 Å². The van der Waals surface area contributed by atoms with Crippen LogP contribution in [0.3, 0.4) is 0 Å². The van der Waals surface area contributed by atoms with E-state index in [4.69, 9.17) is 4.74 Å². The van der Waals surface area contributed by atoms with Gasteiger partial charge in [-0.15, -0.1) is 0 Å². The molecule has 1 atom stereocenters. The van der Waals surface area contributed by atoms with Crippen molar-refractivity contribution in [2.75, 3.05) is 19.8 Å². The van der Waals surface area contributed by atoms with E-state index in [2.05, 4.69) is 20.2 Å². The molecule has 8 nitrogen and oxygen atoms in total. The Morgan fingerprint density at radius 3 is 2.96 bits per heavy atom. The van der Waals surface area contributed by atoms with E-state index in [0.717, 1.165) is 17.1 Å². The first-order valence-corrected chi connectivity index (χ1v) is 8.07. The molecule has 0 bridgehead atoms. The Morgan fingerprint density at radius 2 is 2.28 bits per heavy atom. The topological polar surface area (TPSA) is 88.9 Å². The van der Waals surface area contributed by atoms with Crippen LogP contribution in [0.2, 0.25) is 0 Å². The third-order valence-electron chi connectivity index (χ3n) is 4.35. The Hall–Kier alpha value is -3.00. The molecule has 128 valence electrons. The summed E-state index contributed by atoms with van der Waals surface area (Å²) in [5, 5.41) is 7.05. The van der Waals surface area contributed by atoms with Crippen molar-refractivity contribution in [3.8, 4) is 5.82 Å². The van der Waals surface area contributed by atoms with Crippen LogP contribution >= 0.6 is 0 Å². The Balaban J connectivity index is 1.59. The summed E-state index contributed by atoms with van der Waals surface area (Å²) in [6, 6.07) is 3.43. The zero-order valence-corrected chi connectivity index (χ0v) is 13.8.